The van der Waals surface area contributed by atoms with Gasteiger partial charge in [0.15, 0.2) is 0 Å². The fraction of sp³-hybridized carbons (Fsp3) is 0.286. The van der Waals surface area contributed by atoms with Crippen molar-refractivity contribution in [2.45, 2.75) is 13.5 Å². The van der Waals surface area contributed by atoms with Gasteiger partial charge in [-0.25, -0.2) is 9.78 Å². The first-order chi connectivity index (χ1) is 5.59. The highest BCUT2D eigenvalue weighted by Crippen LogP contribution is 1.88. The summed E-state index contributed by atoms with van der Waals surface area (Å²) in [6.07, 6.45) is 2.87. The predicted octanol–water partition coefficient (Wildman–Crippen LogP) is -0.364. The Morgan fingerprint density at radius 3 is 3.00 bits per heavy atom. The number of hydrogen-bond donors (Lipinski definition) is 1. The van der Waals surface area contributed by atoms with Crippen LogP contribution in [0.3, 0.4) is 0 Å². The van der Waals surface area contributed by atoms with Gasteiger partial charge in [0.25, 0.3) is 0 Å². The molecule has 0 spiro atoms. The fourth-order valence-electron chi connectivity index (χ4n) is 0.825. The molecule has 0 atom stereocenters. The molecule has 0 unspecified atom stereocenters. The molecule has 0 bridgehead atoms. The first-order valence-corrected chi connectivity index (χ1v) is 3.34. The third-order valence-electron chi connectivity index (χ3n) is 1.29. The van der Waals surface area contributed by atoms with Crippen LogP contribution in [-0.4, -0.2) is 20.6 Å². The van der Waals surface area contributed by atoms with E-state index in [-0.39, 0.29) is 6.54 Å². The van der Waals surface area contributed by atoms with Crippen molar-refractivity contribution in [1.29, 1.82) is 0 Å². The molecule has 0 fully saturated rings. The van der Waals surface area contributed by atoms with E-state index in [1.165, 1.54) is 12.4 Å². The highest BCUT2D eigenvalue weighted by atomic mass is 16.4. The Hall–Kier alpha value is -1.65. The molecule has 1 aromatic heterocycles. The molecule has 0 saturated heterocycles. The number of hydrogen-bond acceptors (Lipinski definition) is 3. The van der Waals surface area contributed by atoms with Crippen LogP contribution >= 0.6 is 0 Å². The van der Waals surface area contributed by atoms with Crippen molar-refractivity contribution < 1.29 is 9.90 Å². The SMILES string of the molecule is Cc1cnc(=O)n(CC(=O)O)c1. The van der Waals surface area contributed by atoms with Crippen LogP contribution in [0.4, 0.5) is 0 Å². The van der Waals surface area contributed by atoms with Crippen molar-refractivity contribution in [1.82, 2.24) is 9.55 Å². The maximum absolute atomic E-state index is 10.9. The van der Waals surface area contributed by atoms with Gasteiger partial charge in [0.05, 0.1) is 0 Å². The lowest BCUT2D eigenvalue weighted by Gasteiger charge is -2.00. The van der Waals surface area contributed by atoms with Crippen LogP contribution in [0.15, 0.2) is 17.2 Å². The largest absolute Gasteiger partial charge is 0.480 e. The average Bonchev–Trinajstić information content (AvgIpc) is 1.96. The minimum atomic E-state index is -1.05. The van der Waals surface area contributed by atoms with E-state index >= 15 is 0 Å². The standard InChI is InChI=1S/C7H8N2O3/c1-5-2-8-7(12)9(3-5)4-6(10)11/h2-3H,4H2,1H3,(H,10,11). The van der Waals surface area contributed by atoms with E-state index in [0.717, 1.165) is 10.1 Å². The minimum Gasteiger partial charge on any atom is -0.480 e. The minimum absolute atomic E-state index is 0.340. The molecule has 1 rings (SSSR count). The molecule has 0 aliphatic rings. The van der Waals surface area contributed by atoms with E-state index in [1.807, 2.05) is 0 Å². The normalized spacial score (nSPS) is 9.75. The molecule has 0 radical (unpaired) electrons. The van der Waals surface area contributed by atoms with E-state index in [4.69, 9.17) is 5.11 Å². The molecule has 1 aromatic rings. The monoisotopic (exact) mass is 168 g/mol. The maximum atomic E-state index is 10.9. The van der Waals surface area contributed by atoms with Gasteiger partial charge in [0, 0.05) is 12.4 Å². The zero-order valence-corrected chi connectivity index (χ0v) is 6.52. The molecule has 0 amide bonds. The summed E-state index contributed by atoms with van der Waals surface area (Å²) in [4.78, 5) is 24.6. The van der Waals surface area contributed by atoms with Crippen LogP contribution in [0, 0.1) is 6.92 Å². The Balaban J connectivity index is 3.06. The lowest BCUT2D eigenvalue weighted by molar-refractivity contribution is -0.137. The molecule has 12 heavy (non-hydrogen) atoms. The Morgan fingerprint density at radius 1 is 1.75 bits per heavy atom. The van der Waals surface area contributed by atoms with Gasteiger partial charge in [0.1, 0.15) is 6.54 Å². The summed E-state index contributed by atoms with van der Waals surface area (Å²) in [5.74, 6) is -1.05. The van der Waals surface area contributed by atoms with Gasteiger partial charge in [-0.2, -0.15) is 0 Å². The number of carboxylic acids is 1. The zero-order valence-electron chi connectivity index (χ0n) is 6.52. The molecule has 5 nitrogen and oxygen atoms in total. The van der Waals surface area contributed by atoms with Crippen molar-refractivity contribution in [3.63, 3.8) is 0 Å². The molecule has 0 aliphatic carbocycles. The molecule has 0 aliphatic heterocycles. The molecular formula is C7H8N2O3. The second kappa shape index (κ2) is 3.17. The van der Waals surface area contributed by atoms with E-state index < -0.39 is 11.7 Å². The summed E-state index contributed by atoms with van der Waals surface area (Å²) < 4.78 is 1.05. The Kier molecular flexibility index (Phi) is 2.23. The number of carbonyl (C=O) groups is 1. The molecule has 1 heterocycles. The van der Waals surface area contributed by atoms with Gasteiger partial charge in [-0.3, -0.25) is 9.36 Å². The van der Waals surface area contributed by atoms with Crippen molar-refractivity contribution >= 4 is 5.97 Å². The average molecular weight is 168 g/mol. The number of rotatable bonds is 2. The summed E-state index contributed by atoms with van der Waals surface area (Å²) >= 11 is 0. The van der Waals surface area contributed by atoms with Gasteiger partial charge in [-0.15, -0.1) is 0 Å². The van der Waals surface area contributed by atoms with Gasteiger partial charge >= 0.3 is 11.7 Å². The number of aliphatic carboxylic acids is 1. The maximum Gasteiger partial charge on any atom is 0.348 e. The molecule has 1 N–H and O–H groups in total. The van der Waals surface area contributed by atoms with E-state index in [2.05, 4.69) is 4.98 Å². The summed E-state index contributed by atoms with van der Waals surface area (Å²) in [6, 6.07) is 0. The predicted molar refractivity (Wildman–Crippen MR) is 40.9 cm³/mol. The van der Waals surface area contributed by atoms with Crippen LogP contribution in [0.5, 0.6) is 0 Å². The molecule has 5 heteroatoms. The highest BCUT2D eigenvalue weighted by Gasteiger charge is 2.01. The van der Waals surface area contributed by atoms with Crippen molar-refractivity contribution in [3.8, 4) is 0 Å². The van der Waals surface area contributed by atoms with E-state index in [9.17, 15) is 9.59 Å². The topological polar surface area (TPSA) is 72.2 Å². The molecule has 0 saturated carbocycles. The van der Waals surface area contributed by atoms with Crippen LogP contribution in [0.1, 0.15) is 5.56 Å². The van der Waals surface area contributed by atoms with Crippen molar-refractivity contribution in [2.24, 2.45) is 0 Å². The van der Waals surface area contributed by atoms with Crippen molar-refractivity contribution in [3.05, 3.63) is 28.4 Å². The Bertz CT molecular complexity index is 356. The fourth-order valence-corrected chi connectivity index (χ4v) is 0.825. The summed E-state index contributed by atoms with van der Waals surface area (Å²) in [5, 5.41) is 8.39. The lowest BCUT2D eigenvalue weighted by Crippen LogP contribution is -2.25. The number of aryl methyl sites for hydroxylation is 1. The quantitative estimate of drug-likeness (QED) is 0.654. The van der Waals surface area contributed by atoms with Gasteiger partial charge in [-0.1, -0.05) is 0 Å². The van der Waals surface area contributed by atoms with E-state index in [1.54, 1.807) is 6.92 Å². The first-order valence-electron chi connectivity index (χ1n) is 3.34. The molecular weight excluding hydrogens is 160 g/mol. The second-order valence-corrected chi connectivity index (χ2v) is 2.44. The first kappa shape index (κ1) is 8.45. The third kappa shape index (κ3) is 1.91. The third-order valence-corrected chi connectivity index (χ3v) is 1.29. The summed E-state index contributed by atoms with van der Waals surface area (Å²) in [7, 11) is 0. The number of nitrogens with zero attached hydrogens (tertiary/aromatic N) is 2. The molecule has 64 valence electrons. The smallest absolute Gasteiger partial charge is 0.348 e. The molecule has 0 aromatic carbocycles. The zero-order chi connectivity index (χ0) is 9.14. The highest BCUT2D eigenvalue weighted by molar-refractivity contribution is 5.66. The van der Waals surface area contributed by atoms with Gasteiger partial charge < -0.3 is 5.11 Å². The second-order valence-electron chi connectivity index (χ2n) is 2.44. The van der Waals surface area contributed by atoms with Crippen LogP contribution in [0.25, 0.3) is 0 Å². The Labute approximate surface area is 68.3 Å². The van der Waals surface area contributed by atoms with Crippen LogP contribution in [0.2, 0.25) is 0 Å². The Morgan fingerprint density at radius 2 is 2.42 bits per heavy atom. The summed E-state index contributed by atoms with van der Waals surface area (Å²) in [5.41, 5.74) is 0.221. The van der Waals surface area contributed by atoms with Crippen LogP contribution in [-0.2, 0) is 11.3 Å². The summed E-state index contributed by atoms with van der Waals surface area (Å²) in [6.45, 7) is 1.40. The number of aromatic nitrogens is 2. The van der Waals surface area contributed by atoms with E-state index in [0.29, 0.717) is 0 Å². The van der Waals surface area contributed by atoms with Gasteiger partial charge in [0.2, 0.25) is 0 Å². The lowest BCUT2D eigenvalue weighted by atomic mass is 10.4. The van der Waals surface area contributed by atoms with Crippen molar-refractivity contribution in [2.75, 3.05) is 0 Å². The van der Waals surface area contributed by atoms with Crippen LogP contribution < -0.4 is 5.69 Å². The number of carboxylic acid groups (broad SMARTS) is 1. The van der Waals surface area contributed by atoms with Gasteiger partial charge in [-0.05, 0) is 12.5 Å².